The molecular formula is C19H16NP. The van der Waals surface area contributed by atoms with Crippen molar-refractivity contribution in [3.63, 3.8) is 0 Å². The minimum absolute atomic E-state index is 1.13. The van der Waals surface area contributed by atoms with Crippen molar-refractivity contribution in [3.8, 4) is 5.81 Å². The Hall–Kier alpha value is -2.42. The van der Waals surface area contributed by atoms with Crippen molar-refractivity contribution in [1.29, 1.82) is 5.26 Å². The fourth-order valence-corrected chi connectivity index (χ4v) is 6.22. The molecule has 0 saturated heterocycles. The van der Waals surface area contributed by atoms with Gasteiger partial charge in [-0.25, -0.2) is 0 Å². The van der Waals surface area contributed by atoms with Gasteiger partial charge in [0, 0.05) is 0 Å². The molecule has 2 heteroatoms. The first-order valence-corrected chi connectivity index (χ1v) is 8.96. The molecule has 0 saturated carbocycles. The molecule has 0 amide bonds. The molecule has 0 spiro atoms. The fourth-order valence-electron chi connectivity index (χ4n) is 2.76. The Morgan fingerprint density at radius 3 is 1.05 bits per heavy atom. The van der Waals surface area contributed by atoms with E-state index in [1.807, 2.05) is 54.6 Å². The van der Waals surface area contributed by atoms with E-state index in [0.717, 1.165) is 15.9 Å². The van der Waals surface area contributed by atoms with Crippen LogP contribution in [-0.2, 0) is 0 Å². The van der Waals surface area contributed by atoms with E-state index in [1.165, 1.54) is 0 Å². The second-order valence-electron chi connectivity index (χ2n) is 4.96. The zero-order valence-electron chi connectivity index (χ0n) is 11.6. The van der Waals surface area contributed by atoms with Gasteiger partial charge in [0.15, 0.2) is 0 Å². The Balaban J connectivity index is 2.32. The molecule has 0 N–H and O–H groups in total. The Morgan fingerprint density at radius 1 is 0.524 bits per heavy atom. The van der Waals surface area contributed by atoms with Crippen LogP contribution in [0, 0.1) is 11.1 Å². The minimum atomic E-state index is -2.59. The van der Waals surface area contributed by atoms with Crippen LogP contribution >= 0.6 is 7.26 Å². The average Bonchev–Trinajstić information content (AvgIpc) is 2.59. The molecule has 0 aliphatic heterocycles. The van der Waals surface area contributed by atoms with Gasteiger partial charge in [-0.15, -0.1) is 0 Å². The molecule has 3 rings (SSSR count). The summed E-state index contributed by atoms with van der Waals surface area (Å²) < 4.78 is 0. The molecule has 0 radical (unpaired) electrons. The van der Waals surface area contributed by atoms with Crippen molar-refractivity contribution in [2.45, 2.75) is 0 Å². The molecule has 0 unspecified atom stereocenters. The third-order valence-corrected chi connectivity index (χ3v) is 7.72. The Kier molecular flexibility index (Phi) is 3.82. The quantitative estimate of drug-likeness (QED) is 0.679. The van der Waals surface area contributed by atoms with E-state index in [0.29, 0.717) is 0 Å². The van der Waals surface area contributed by atoms with Crippen LogP contribution in [0.5, 0.6) is 0 Å². The van der Waals surface area contributed by atoms with E-state index in [2.05, 4.69) is 42.2 Å². The van der Waals surface area contributed by atoms with Crippen molar-refractivity contribution >= 4 is 23.2 Å². The summed E-state index contributed by atoms with van der Waals surface area (Å²) in [4.78, 5) is 0. The molecule has 0 fully saturated rings. The molecule has 0 atom stereocenters. The number of rotatable bonds is 3. The average molecular weight is 289 g/mol. The standard InChI is InChI=1S/C19H16NP/c20-16-21(17-10-4-1-5-11-17,18-12-6-2-7-13-18)19-14-8-3-9-15-19/h1-15,21H. The van der Waals surface area contributed by atoms with E-state index < -0.39 is 7.26 Å². The first kappa shape index (κ1) is 13.6. The van der Waals surface area contributed by atoms with Crippen molar-refractivity contribution in [2.24, 2.45) is 0 Å². The van der Waals surface area contributed by atoms with E-state index in [1.54, 1.807) is 0 Å². The summed E-state index contributed by atoms with van der Waals surface area (Å²) in [5.74, 6) is 2.70. The normalized spacial score (nSPS) is 11.6. The van der Waals surface area contributed by atoms with Crippen LogP contribution in [0.1, 0.15) is 0 Å². The summed E-state index contributed by atoms with van der Waals surface area (Å²) in [6.45, 7) is 0. The molecule has 0 bridgehead atoms. The Labute approximate surface area is 125 Å². The van der Waals surface area contributed by atoms with Gasteiger partial charge in [0.2, 0.25) is 0 Å². The van der Waals surface area contributed by atoms with Crippen LogP contribution in [0.4, 0.5) is 0 Å². The van der Waals surface area contributed by atoms with Gasteiger partial charge in [-0.2, -0.15) is 0 Å². The third kappa shape index (κ3) is 2.35. The van der Waals surface area contributed by atoms with Gasteiger partial charge >= 0.3 is 125 Å². The number of benzene rings is 3. The molecule has 3 aromatic rings. The van der Waals surface area contributed by atoms with Crippen molar-refractivity contribution in [3.05, 3.63) is 91.0 Å². The maximum absolute atomic E-state index is 10.1. The zero-order chi connectivity index (χ0) is 14.5. The summed E-state index contributed by atoms with van der Waals surface area (Å²) >= 11 is 0. The van der Waals surface area contributed by atoms with Crippen LogP contribution in [0.2, 0.25) is 0 Å². The summed E-state index contributed by atoms with van der Waals surface area (Å²) in [5, 5.41) is 13.5. The monoisotopic (exact) mass is 289 g/mol. The molecule has 0 aromatic heterocycles. The molecule has 1 nitrogen and oxygen atoms in total. The first-order chi connectivity index (χ1) is 10.4. The zero-order valence-corrected chi connectivity index (χ0v) is 12.6. The molecular weight excluding hydrogens is 273 g/mol. The van der Waals surface area contributed by atoms with Gasteiger partial charge in [-0.05, 0) is 0 Å². The maximum atomic E-state index is 10.1. The number of hydrogen-bond acceptors (Lipinski definition) is 1. The van der Waals surface area contributed by atoms with Gasteiger partial charge in [0.1, 0.15) is 0 Å². The van der Waals surface area contributed by atoms with E-state index >= 15 is 0 Å². The van der Waals surface area contributed by atoms with Crippen molar-refractivity contribution in [2.75, 3.05) is 0 Å². The molecule has 0 aliphatic carbocycles. The molecule has 21 heavy (non-hydrogen) atoms. The molecule has 0 aliphatic rings. The Bertz CT molecular complexity index is 649. The number of nitrogens with zero attached hydrogens (tertiary/aromatic N) is 1. The first-order valence-electron chi connectivity index (χ1n) is 6.96. The van der Waals surface area contributed by atoms with Crippen molar-refractivity contribution < 1.29 is 0 Å². The summed E-state index contributed by atoms with van der Waals surface area (Å²) in [6.07, 6.45) is 0. The third-order valence-electron chi connectivity index (χ3n) is 3.79. The van der Waals surface area contributed by atoms with Gasteiger partial charge in [-0.3, -0.25) is 0 Å². The van der Waals surface area contributed by atoms with Gasteiger partial charge < -0.3 is 0 Å². The van der Waals surface area contributed by atoms with Crippen LogP contribution in [-0.4, -0.2) is 0 Å². The molecule has 102 valence electrons. The summed E-state index contributed by atoms with van der Waals surface area (Å²) in [7, 11) is -2.59. The molecule has 0 heterocycles. The van der Waals surface area contributed by atoms with Crippen molar-refractivity contribution in [1.82, 2.24) is 0 Å². The van der Waals surface area contributed by atoms with E-state index in [9.17, 15) is 5.26 Å². The van der Waals surface area contributed by atoms with Gasteiger partial charge in [-0.1, -0.05) is 0 Å². The number of nitriles is 1. The van der Waals surface area contributed by atoms with E-state index in [-0.39, 0.29) is 0 Å². The van der Waals surface area contributed by atoms with Crippen LogP contribution in [0.3, 0.4) is 0 Å². The fraction of sp³-hybridized carbons (Fsp3) is 0. The molecule has 3 aromatic carbocycles. The topological polar surface area (TPSA) is 23.8 Å². The SMILES string of the molecule is N#C[PH](c1ccccc1)(c1ccccc1)c1ccccc1. The van der Waals surface area contributed by atoms with Crippen LogP contribution < -0.4 is 15.9 Å². The second-order valence-corrected chi connectivity index (χ2v) is 8.42. The Morgan fingerprint density at radius 2 is 0.810 bits per heavy atom. The van der Waals surface area contributed by atoms with Crippen LogP contribution in [0.25, 0.3) is 0 Å². The summed E-state index contributed by atoms with van der Waals surface area (Å²) in [6, 6.07) is 30.5. The predicted octanol–water partition coefficient (Wildman–Crippen LogP) is 3.19. The summed E-state index contributed by atoms with van der Waals surface area (Å²) in [5.41, 5.74) is 0. The van der Waals surface area contributed by atoms with Crippen LogP contribution in [0.15, 0.2) is 91.0 Å². The predicted molar refractivity (Wildman–Crippen MR) is 92.2 cm³/mol. The van der Waals surface area contributed by atoms with E-state index in [4.69, 9.17) is 0 Å². The second kappa shape index (κ2) is 5.92. The number of hydrogen-bond donors (Lipinski definition) is 0. The van der Waals surface area contributed by atoms with Gasteiger partial charge in [0.25, 0.3) is 0 Å². The van der Waals surface area contributed by atoms with Gasteiger partial charge in [0.05, 0.1) is 0 Å².